The summed E-state index contributed by atoms with van der Waals surface area (Å²) in [6, 6.07) is 0. The van der Waals surface area contributed by atoms with Crippen LogP contribution in [0.2, 0.25) is 0 Å². The molecule has 0 aromatic heterocycles. The summed E-state index contributed by atoms with van der Waals surface area (Å²) < 4.78 is 0. The molecule has 0 radical (unpaired) electrons. The number of nitrogens with two attached hydrogens (primary N) is 1. The average molecular weight is 162 g/mol. The average Bonchev–Trinajstić information content (AvgIpc) is 1.86. The predicted octanol–water partition coefficient (Wildman–Crippen LogP) is -0.340. The standard InChI is InChI=1S/C6H14N2OS/c7-10-6-4-8(5-6)2-1-3-9/h6,9H,1-5,7H2. The Balaban J connectivity index is 1.93. The van der Waals surface area contributed by atoms with Crippen molar-refractivity contribution >= 4 is 11.9 Å². The summed E-state index contributed by atoms with van der Waals surface area (Å²) in [5.74, 6) is 0. The third-order valence-electron chi connectivity index (χ3n) is 1.75. The number of nitrogens with zero attached hydrogens (tertiary/aromatic N) is 1. The van der Waals surface area contributed by atoms with Crippen LogP contribution >= 0.6 is 11.9 Å². The molecule has 0 unspecified atom stereocenters. The Morgan fingerprint density at radius 3 is 2.80 bits per heavy atom. The van der Waals surface area contributed by atoms with Crippen LogP contribution in [-0.4, -0.2) is 41.5 Å². The SMILES string of the molecule is NSC1CN(CCCO)C1. The Labute approximate surface area is 65.7 Å². The first kappa shape index (κ1) is 8.33. The van der Waals surface area contributed by atoms with Crippen LogP contribution in [0.4, 0.5) is 0 Å². The van der Waals surface area contributed by atoms with E-state index in [2.05, 4.69) is 4.90 Å². The van der Waals surface area contributed by atoms with E-state index in [-0.39, 0.29) is 0 Å². The lowest BCUT2D eigenvalue weighted by molar-refractivity contribution is 0.168. The molecule has 0 amide bonds. The second-order valence-corrected chi connectivity index (χ2v) is 3.53. The Kier molecular flexibility index (Phi) is 3.48. The highest BCUT2D eigenvalue weighted by atomic mass is 32.2. The molecule has 3 N–H and O–H groups in total. The lowest BCUT2D eigenvalue weighted by Crippen LogP contribution is -2.49. The first-order chi connectivity index (χ1) is 4.86. The molecule has 0 aliphatic carbocycles. The normalized spacial score (nSPS) is 21.0. The molecule has 1 heterocycles. The molecular weight excluding hydrogens is 148 g/mol. The number of rotatable bonds is 4. The Bertz CT molecular complexity index is 93.0. The van der Waals surface area contributed by atoms with Gasteiger partial charge in [0.2, 0.25) is 0 Å². The third-order valence-corrected chi connectivity index (χ3v) is 2.43. The minimum absolute atomic E-state index is 0.303. The van der Waals surface area contributed by atoms with E-state index >= 15 is 0 Å². The topological polar surface area (TPSA) is 49.5 Å². The van der Waals surface area contributed by atoms with Crippen LogP contribution < -0.4 is 5.14 Å². The highest BCUT2D eigenvalue weighted by Gasteiger charge is 2.24. The summed E-state index contributed by atoms with van der Waals surface area (Å²) in [6.07, 6.45) is 0.891. The van der Waals surface area contributed by atoms with Crippen molar-refractivity contribution < 1.29 is 5.11 Å². The van der Waals surface area contributed by atoms with E-state index in [0.29, 0.717) is 11.9 Å². The summed E-state index contributed by atoms with van der Waals surface area (Å²) in [7, 11) is 0. The van der Waals surface area contributed by atoms with Gasteiger partial charge in [-0.2, -0.15) is 0 Å². The van der Waals surface area contributed by atoms with Gasteiger partial charge in [0.1, 0.15) is 0 Å². The van der Waals surface area contributed by atoms with Gasteiger partial charge in [-0.25, -0.2) is 0 Å². The van der Waals surface area contributed by atoms with Gasteiger partial charge in [-0.15, -0.1) is 0 Å². The van der Waals surface area contributed by atoms with Gasteiger partial charge < -0.3 is 10.0 Å². The smallest absolute Gasteiger partial charge is 0.0445 e. The first-order valence-electron chi connectivity index (χ1n) is 3.55. The van der Waals surface area contributed by atoms with Crippen LogP contribution in [-0.2, 0) is 0 Å². The van der Waals surface area contributed by atoms with Gasteiger partial charge in [0.15, 0.2) is 0 Å². The maximum Gasteiger partial charge on any atom is 0.0445 e. The molecule has 0 bridgehead atoms. The number of aliphatic hydroxyl groups is 1. The lowest BCUT2D eigenvalue weighted by atomic mass is 10.2. The Hall–Kier alpha value is 0.230. The summed E-state index contributed by atoms with van der Waals surface area (Å²) in [4.78, 5) is 2.31. The van der Waals surface area contributed by atoms with Crippen LogP contribution in [0.5, 0.6) is 0 Å². The minimum atomic E-state index is 0.303. The molecule has 1 rings (SSSR count). The molecule has 1 aliphatic heterocycles. The van der Waals surface area contributed by atoms with Crippen molar-refractivity contribution in [3.05, 3.63) is 0 Å². The van der Waals surface area contributed by atoms with E-state index in [1.165, 1.54) is 11.9 Å². The molecule has 4 heteroatoms. The zero-order valence-corrected chi connectivity index (χ0v) is 6.81. The summed E-state index contributed by atoms with van der Waals surface area (Å²) in [5, 5.41) is 14.5. The molecule has 60 valence electrons. The molecule has 0 saturated carbocycles. The van der Waals surface area contributed by atoms with Gasteiger partial charge in [-0.1, -0.05) is 11.9 Å². The number of hydrogen-bond acceptors (Lipinski definition) is 4. The van der Waals surface area contributed by atoms with Crippen molar-refractivity contribution in [1.29, 1.82) is 0 Å². The van der Waals surface area contributed by atoms with E-state index in [1.54, 1.807) is 0 Å². The molecular formula is C6H14N2OS. The quantitative estimate of drug-likeness (QED) is 0.555. The van der Waals surface area contributed by atoms with Crippen molar-refractivity contribution in [2.75, 3.05) is 26.2 Å². The second-order valence-electron chi connectivity index (χ2n) is 2.59. The van der Waals surface area contributed by atoms with E-state index in [9.17, 15) is 0 Å². The summed E-state index contributed by atoms with van der Waals surface area (Å²) in [5.41, 5.74) is 0. The van der Waals surface area contributed by atoms with Crippen LogP contribution in [0, 0.1) is 0 Å². The highest BCUT2D eigenvalue weighted by molar-refractivity contribution is 7.97. The van der Waals surface area contributed by atoms with Gasteiger partial charge >= 0.3 is 0 Å². The van der Waals surface area contributed by atoms with Gasteiger partial charge in [-0.05, 0) is 6.42 Å². The van der Waals surface area contributed by atoms with Gasteiger partial charge in [0.25, 0.3) is 0 Å². The molecule has 0 atom stereocenters. The maximum absolute atomic E-state index is 8.50. The zero-order valence-electron chi connectivity index (χ0n) is 5.99. The molecule has 1 aliphatic rings. The molecule has 3 nitrogen and oxygen atoms in total. The largest absolute Gasteiger partial charge is 0.396 e. The van der Waals surface area contributed by atoms with Gasteiger partial charge in [0.05, 0.1) is 0 Å². The Morgan fingerprint density at radius 2 is 2.30 bits per heavy atom. The maximum atomic E-state index is 8.50. The summed E-state index contributed by atoms with van der Waals surface area (Å²) >= 11 is 1.44. The number of likely N-dealkylation sites (tertiary alicyclic amines) is 1. The molecule has 1 saturated heterocycles. The van der Waals surface area contributed by atoms with Gasteiger partial charge in [-0.3, -0.25) is 5.14 Å². The zero-order chi connectivity index (χ0) is 7.40. The van der Waals surface area contributed by atoms with Crippen LogP contribution in [0.3, 0.4) is 0 Å². The molecule has 0 aromatic rings. The van der Waals surface area contributed by atoms with Crippen molar-refractivity contribution in [2.24, 2.45) is 5.14 Å². The van der Waals surface area contributed by atoms with Gasteiger partial charge in [0, 0.05) is 31.5 Å². The fraction of sp³-hybridized carbons (Fsp3) is 1.00. The fourth-order valence-electron chi connectivity index (χ4n) is 1.09. The molecule has 10 heavy (non-hydrogen) atoms. The van der Waals surface area contributed by atoms with Crippen LogP contribution in [0.1, 0.15) is 6.42 Å². The molecule has 0 spiro atoms. The van der Waals surface area contributed by atoms with Crippen molar-refractivity contribution in [3.8, 4) is 0 Å². The Morgan fingerprint density at radius 1 is 1.60 bits per heavy atom. The van der Waals surface area contributed by atoms with Crippen LogP contribution in [0.25, 0.3) is 0 Å². The summed E-state index contributed by atoms with van der Waals surface area (Å²) in [6.45, 7) is 3.52. The monoisotopic (exact) mass is 162 g/mol. The number of aliphatic hydroxyl groups excluding tert-OH is 1. The van der Waals surface area contributed by atoms with E-state index in [1.807, 2.05) is 0 Å². The molecule has 0 aromatic carbocycles. The number of hydrogen-bond donors (Lipinski definition) is 2. The van der Waals surface area contributed by atoms with Crippen LogP contribution in [0.15, 0.2) is 0 Å². The second kappa shape index (κ2) is 4.18. The minimum Gasteiger partial charge on any atom is -0.396 e. The molecule has 1 fully saturated rings. The third kappa shape index (κ3) is 2.12. The lowest BCUT2D eigenvalue weighted by Gasteiger charge is -2.37. The first-order valence-corrected chi connectivity index (χ1v) is 4.50. The van der Waals surface area contributed by atoms with E-state index in [0.717, 1.165) is 26.1 Å². The fourth-order valence-corrected chi connectivity index (χ4v) is 1.68. The van der Waals surface area contributed by atoms with E-state index in [4.69, 9.17) is 10.2 Å². The highest BCUT2D eigenvalue weighted by Crippen LogP contribution is 2.16. The van der Waals surface area contributed by atoms with Crippen molar-refractivity contribution in [3.63, 3.8) is 0 Å². The van der Waals surface area contributed by atoms with Crippen molar-refractivity contribution in [2.45, 2.75) is 11.7 Å². The predicted molar refractivity (Wildman–Crippen MR) is 43.7 cm³/mol. The van der Waals surface area contributed by atoms with Crippen molar-refractivity contribution in [1.82, 2.24) is 4.90 Å². The van der Waals surface area contributed by atoms with E-state index < -0.39 is 0 Å².